The first-order valence-corrected chi connectivity index (χ1v) is 14.2. The number of hydrogen-bond acceptors (Lipinski definition) is 5. The fourth-order valence-electron chi connectivity index (χ4n) is 4.71. The van der Waals surface area contributed by atoms with Crippen molar-refractivity contribution in [2.75, 3.05) is 31.6 Å². The summed E-state index contributed by atoms with van der Waals surface area (Å²) in [6.45, 7) is 12.2. The quantitative estimate of drug-likeness (QED) is 0.187. The van der Waals surface area contributed by atoms with Gasteiger partial charge in [-0.3, -0.25) is 10.1 Å². The highest BCUT2D eigenvalue weighted by Crippen LogP contribution is 2.27. The molecule has 0 aliphatic rings. The number of pyridine rings is 1. The molecule has 0 saturated heterocycles. The molecule has 0 radical (unpaired) electrons. The van der Waals surface area contributed by atoms with E-state index in [0.717, 1.165) is 42.9 Å². The average Bonchev–Trinajstić information content (AvgIpc) is 2.97. The molecule has 7 nitrogen and oxygen atoms in total. The van der Waals surface area contributed by atoms with Crippen molar-refractivity contribution in [2.24, 2.45) is 0 Å². The van der Waals surface area contributed by atoms with Crippen molar-refractivity contribution in [3.63, 3.8) is 0 Å². The van der Waals surface area contributed by atoms with E-state index in [1.165, 1.54) is 11.1 Å². The van der Waals surface area contributed by atoms with Gasteiger partial charge in [-0.2, -0.15) is 0 Å². The molecule has 0 aliphatic heterocycles. The zero-order chi connectivity index (χ0) is 29.2. The molecule has 41 heavy (non-hydrogen) atoms. The Morgan fingerprint density at radius 1 is 0.878 bits per heavy atom. The van der Waals surface area contributed by atoms with Gasteiger partial charge in [-0.25, -0.2) is 4.79 Å². The Labute approximate surface area is 242 Å². The van der Waals surface area contributed by atoms with Crippen LogP contribution in [0.2, 0.25) is 0 Å². The van der Waals surface area contributed by atoms with E-state index in [4.69, 9.17) is 9.47 Å². The summed E-state index contributed by atoms with van der Waals surface area (Å²) in [5.74, 6) is 1.31. The van der Waals surface area contributed by atoms with Crippen LogP contribution in [-0.4, -0.2) is 41.8 Å². The Bertz CT molecular complexity index is 1490. The Hall–Kier alpha value is -4.36. The number of amides is 1. The van der Waals surface area contributed by atoms with Gasteiger partial charge >= 0.3 is 6.09 Å². The second-order valence-electron chi connectivity index (χ2n) is 10.1. The molecule has 0 bridgehead atoms. The maximum Gasteiger partial charge on any atom is 0.411 e. The maximum absolute atomic E-state index is 12.8. The van der Waals surface area contributed by atoms with Crippen molar-refractivity contribution in [3.8, 4) is 22.8 Å². The summed E-state index contributed by atoms with van der Waals surface area (Å²) in [6, 6.07) is 26.5. The molecule has 4 rings (SSSR count). The van der Waals surface area contributed by atoms with Gasteiger partial charge in [0.15, 0.2) is 0 Å². The standard InChI is InChI=1S/C34H39N3O4/c1-5-36(6-2)21-8-22-40-34(39)35-29-15-19-31(20-16-29)41-30-17-13-27(14-18-30)32-9-7-10-33(38)37(32)24-28-12-11-25(3)23-26(28)4/h7,9-20,23H,5-6,8,21-22,24H2,1-4H3,(H,35,39). The number of aryl methyl sites for hydroxylation is 2. The van der Waals surface area contributed by atoms with Gasteiger partial charge in [0.25, 0.3) is 5.56 Å². The summed E-state index contributed by atoms with van der Waals surface area (Å²) < 4.78 is 13.1. The van der Waals surface area contributed by atoms with Crippen LogP contribution in [0.4, 0.5) is 10.5 Å². The minimum Gasteiger partial charge on any atom is -0.457 e. The SMILES string of the molecule is CCN(CC)CCCOC(=O)Nc1ccc(Oc2ccc(-c3cccc(=O)n3Cc3ccc(C)cc3C)cc2)cc1. The number of anilines is 1. The molecule has 0 unspecified atom stereocenters. The predicted octanol–water partition coefficient (Wildman–Crippen LogP) is 7.25. The average molecular weight is 554 g/mol. The smallest absolute Gasteiger partial charge is 0.411 e. The summed E-state index contributed by atoms with van der Waals surface area (Å²) in [5.41, 5.74) is 5.85. The van der Waals surface area contributed by atoms with Gasteiger partial charge in [-0.1, -0.05) is 43.7 Å². The first-order chi connectivity index (χ1) is 19.9. The Kier molecular flexibility index (Phi) is 10.3. The van der Waals surface area contributed by atoms with Crippen molar-refractivity contribution < 1.29 is 14.3 Å². The van der Waals surface area contributed by atoms with Crippen molar-refractivity contribution in [1.29, 1.82) is 0 Å². The minimum absolute atomic E-state index is 0.0417. The van der Waals surface area contributed by atoms with Crippen LogP contribution in [0.5, 0.6) is 11.5 Å². The van der Waals surface area contributed by atoms with E-state index < -0.39 is 6.09 Å². The fraction of sp³-hybridized carbons (Fsp3) is 0.294. The summed E-state index contributed by atoms with van der Waals surface area (Å²) in [5, 5.41) is 2.75. The Balaban J connectivity index is 1.35. The molecule has 0 fully saturated rings. The third-order valence-corrected chi connectivity index (χ3v) is 7.11. The van der Waals surface area contributed by atoms with E-state index in [1.54, 1.807) is 41.0 Å². The zero-order valence-corrected chi connectivity index (χ0v) is 24.4. The molecule has 0 spiro atoms. The highest BCUT2D eigenvalue weighted by Gasteiger charge is 2.10. The lowest BCUT2D eigenvalue weighted by Gasteiger charge is -2.17. The molecule has 0 aliphatic carbocycles. The molecule has 7 heteroatoms. The molecule has 214 valence electrons. The number of nitrogens with one attached hydrogen (secondary N) is 1. The lowest BCUT2D eigenvalue weighted by Crippen LogP contribution is -2.25. The number of benzene rings is 3. The minimum atomic E-state index is -0.467. The van der Waals surface area contributed by atoms with E-state index in [0.29, 0.717) is 30.3 Å². The molecule has 0 atom stereocenters. The number of carbonyl (C=O) groups excluding carboxylic acids is 1. The molecule has 1 heterocycles. The normalized spacial score (nSPS) is 11.0. The fourth-order valence-corrected chi connectivity index (χ4v) is 4.71. The largest absolute Gasteiger partial charge is 0.457 e. The van der Waals surface area contributed by atoms with Crippen LogP contribution < -0.4 is 15.6 Å². The predicted molar refractivity (Wildman–Crippen MR) is 165 cm³/mol. The number of hydrogen-bond donors (Lipinski definition) is 1. The second-order valence-corrected chi connectivity index (χ2v) is 10.1. The number of aromatic nitrogens is 1. The third-order valence-electron chi connectivity index (χ3n) is 7.11. The molecule has 1 aromatic heterocycles. The number of rotatable bonds is 12. The summed E-state index contributed by atoms with van der Waals surface area (Å²) in [4.78, 5) is 27.2. The van der Waals surface area contributed by atoms with Gasteiger partial charge in [-0.05, 0) is 105 Å². The lowest BCUT2D eigenvalue weighted by atomic mass is 10.0. The summed E-state index contributed by atoms with van der Waals surface area (Å²) in [7, 11) is 0. The molecular formula is C34H39N3O4. The van der Waals surface area contributed by atoms with Crippen LogP contribution in [0.3, 0.4) is 0 Å². The van der Waals surface area contributed by atoms with E-state index in [9.17, 15) is 9.59 Å². The molecular weight excluding hydrogens is 514 g/mol. The van der Waals surface area contributed by atoms with Crippen LogP contribution in [-0.2, 0) is 11.3 Å². The second kappa shape index (κ2) is 14.3. The summed E-state index contributed by atoms with van der Waals surface area (Å²) in [6.07, 6.45) is 0.334. The lowest BCUT2D eigenvalue weighted by molar-refractivity contribution is 0.153. The van der Waals surface area contributed by atoms with E-state index >= 15 is 0 Å². The van der Waals surface area contributed by atoms with E-state index in [2.05, 4.69) is 56.1 Å². The molecule has 1 N–H and O–H groups in total. The van der Waals surface area contributed by atoms with Crippen LogP contribution in [0.15, 0.2) is 89.7 Å². The number of nitrogens with zero attached hydrogens (tertiary/aromatic N) is 2. The van der Waals surface area contributed by atoms with Gasteiger partial charge < -0.3 is 18.9 Å². The zero-order valence-electron chi connectivity index (χ0n) is 24.4. The number of ether oxygens (including phenoxy) is 2. The van der Waals surface area contributed by atoms with E-state index in [1.807, 2.05) is 30.3 Å². The molecule has 4 aromatic rings. The Morgan fingerprint density at radius 2 is 1.56 bits per heavy atom. The van der Waals surface area contributed by atoms with Gasteiger partial charge in [0.2, 0.25) is 0 Å². The highest BCUT2D eigenvalue weighted by atomic mass is 16.5. The van der Waals surface area contributed by atoms with Crippen molar-refractivity contribution in [2.45, 2.75) is 40.7 Å². The van der Waals surface area contributed by atoms with Crippen LogP contribution in [0.25, 0.3) is 11.3 Å². The monoisotopic (exact) mass is 553 g/mol. The molecule has 3 aromatic carbocycles. The summed E-state index contributed by atoms with van der Waals surface area (Å²) >= 11 is 0. The van der Waals surface area contributed by atoms with Crippen molar-refractivity contribution in [3.05, 3.63) is 112 Å². The number of carbonyl (C=O) groups is 1. The first kappa shape index (κ1) is 29.6. The van der Waals surface area contributed by atoms with Gasteiger partial charge in [0.05, 0.1) is 18.8 Å². The third kappa shape index (κ3) is 8.32. The van der Waals surface area contributed by atoms with Gasteiger partial charge in [-0.15, -0.1) is 0 Å². The highest BCUT2D eigenvalue weighted by molar-refractivity contribution is 5.84. The van der Waals surface area contributed by atoms with Gasteiger partial charge in [0.1, 0.15) is 11.5 Å². The molecule has 1 amide bonds. The van der Waals surface area contributed by atoms with E-state index in [-0.39, 0.29) is 5.56 Å². The van der Waals surface area contributed by atoms with Gasteiger partial charge in [0, 0.05) is 18.3 Å². The first-order valence-electron chi connectivity index (χ1n) is 14.2. The van der Waals surface area contributed by atoms with Crippen LogP contribution in [0.1, 0.15) is 37.0 Å². The maximum atomic E-state index is 12.8. The molecule has 0 saturated carbocycles. The van der Waals surface area contributed by atoms with Crippen molar-refractivity contribution >= 4 is 11.8 Å². The van der Waals surface area contributed by atoms with Crippen LogP contribution in [0, 0.1) is 13.8 Å². The van der Waals surface area contributed by atoms with Crippen LogP contribution >= 0.6 is 0 Å². The van der Waals surface area contributed by atoms with Crippen molar-refractivity contribution in [1.82, 2.24) is 9.47 Å². The topological polar surface area (TPSA) is 72.8 Å². The Morgan fingerprint density at radius 3 is 2.22 bits per heavy atom.